The molecule has 2 saturated heterocycles. The minimum absolute atomic E-state index is 0.237. The molecule has 4 amide bonds. The number of nitrogens with one attached hydrogen (secondary N) is 1. The van der Waals surface area contributed by atoms with Gasteiger partial charge in [0.2, 0.25) is 5.91 Å². The van der Waals surface area contributed by atoms with Crippen LogP contribution in [-0.4, -0.2) is 52.7 Å². The van der Waals surface area contributed by atoms with Crippen molar-refractivity contribution in [2.45, 2.75) is 58.6 Å². The number of benzene rings is 1. The molecule has 8 nitrogen and oxygen atoms in total. The normalized spacial score (nSPS) is 18.5. The molecule has 0 radical (unpaired) electrons. The lowest BCUT2D eigenvalue weighted by Gasteiger charge is -2.34. The standard InChI is InChI=1S/C23H30N4O4/c1-15-13-18-17(19(14-15)27-12-8-20(28)24-21(27)29)7-11-26(18)16-5-9-25(10-6-16)22(30)31-23(2,3)4/h7,11,13-14,16H,5-6,8-10,12H2,1-4H3,(H,24,28,29). The lowest BCUT2D eigenvalue weighted by Crippen LogP contribution is -2.49. The summed E-state index contributed by atoms with van der Waals surface area (Å²) >= 11 is 0. The third-order valence-corrected chi connectivity index (χ3v) is 5.82. The SMILES string of the molecule is Cc1cc(N2CCC(=O)NC2=O)c2ccn(C3CCN(C(=O)OC(C)(C)C)CC3)c2c1. The molecule has 0 saturated carbocycles. The Hall–Kier alpha value is -3.03. The van der Waals surface area contributed by atoms with Crippen LogP contribution in [0.4, 0.5) is 15.3 Å². The van der Waals surface area contributed by atoms with Crippen LogP contribution in [0.15, 0.2) is 24.4 Å². The van der Waals surface area contributed by atoms with E-state index in [0.29, 0.717) is 26.1 Å². The molecule has 4 rings (SSSR count). The highest BCUT2D eigenvalue weighted by Crippen LogP contribution is 2.34. The van der Waals surface area contributed by atoms with Crippen molar-refractivity contribution in [2.75, 3.05) is 24.5 Å². The Morgan fingerprint density at radius 3 is 2.48 bits per heavy atom. The Kier molecular flexibility index (Phi) is 5.41. The fourth-order valence-electron chi connectivity index (χ4n) is 4.37. The van der Waals surface area contributed by atoms with Crippen LogP contribution in [0.2, 0.25) is 0 Å². The first-order chi connectivity index (χ1) is 14.6. The Balaban J connectivity index is 1.55. The summed E-state index contributed by atoms with van der Waals surface area (Å²) in [7, 11) is 0. The van der Waals surface area contributed by atoms with E-state index >= 15 is 0 Å². The minimum atomic E-state index is -0.496. The van der Waals surface area contributed by atoms with Gasteiger partial charge in [0.1, 0.15) is 5.60 Å². The highest BCUT2D eigenvalue weighted by Gasteiger charge is 2.29. The zero-order valence-electron chi connectivity index (χ0n) is 18.6. The summed E-state index contributed by atoms with van der Waals surface area (Å²) in [5.74, 6) is -0.237. The molecule has 2 aliphatic rings. The number of hydrogen-bond donors (Lipinski definition) is 1. The van der Waals surface area contributed by atoms with Gasteiger partial charge in [0, 0.05) is 43.7 Å². The van der Waals surface area contributed by atoms with E-state index < -0.39 is 5.60 Å². The maximum absolute atomic E-state index is 12.4. The predicted molar refractivity (Wildman–Crippen MR) is 118 cm³/mol. The van der Waals surface area contributed by atoms with Crippen LogP contribution < -0.4 is 10.2 Å². The quantitative estimate of drug-likeness (QED) is 0.788. The number of fused-ring (bicyclic) bond motifs is 1. The second kappa shape index (κ2) is 7.90. The molecule has 8 heteroatoms. The Labute approximate surface area is 182 Å². The predicted octanol–water partition coefficient (Wildman–Crippen LogP) is 3.97. The van der Waals surface area contributed by atoms with Crippen molar-refractivity contribution in [3.8, 4) is 0 Å². The number of carbonyl (C=O) groups excluding carboxylic acids is 3. The van der Waals surface area contributed by atoms with E-state index in [-0.39, 0.29) is 24.1 Å². The van der Waals surface area contributed by atoms with Crippen molar-refractivity contribution >= 4 is 34.6 Å². The fraction of sp³-hybridized carbons (Fsp3) is 0.522. The maximum atomic E-state index is 12.4. The molecule has 0 spiro atoms. The van der Waals surface area contributed by atoms with Gasteiger partial charge in [0.25, 0.3) is 0 Å². The molecular weight excluding hydrogens is 396 g/mol. The molecule has 0 aliphatic carbocycles. The molecule has 3 heterocycles. The van der Waals surface area contributed by atoms with Gasteiger partial charge in [0.05, 0.1) is 11.2 Å². The largest absolute Gasteiger partial charge is 0.444 e. The van der Waals surface area contributed by atoms with Gasteiger partial charge >= 0.3 is 12.1 Å². The number of carbonyl (C=O) groups is 3. The Morgan fingerprint density at radius 1 is 1.13 bits per heavy atom. The molecule has 1 aromatic heterocycles. The molecule has 31 heavy (non-hydrogen) atoms. The zero-order valence-corrected chi connectivity index (χ0v) is 18.6. The van der Waals surface area contributed by atoms with Crippen molar-refractivity contribution in [1.82, 2.24) is 14.8 Å². The molecule has 2 aliphatic heterocycles. The van der Waals surface area contributed by atoms with Gasteiger partial charge in [-0.2, -0.15) is 0 Å². The van der Waals surface area contributed by atoms with Gasteiger partial charge in [-0.25, -0.2) is 9.59 Å². The minimum Gasteiger partial charge on any atom is -0.444 e. The summed E-state index contributed by atoms with van der Waals surface area (Å²) in [5.41, 5.74) is 2.45. The summed E-state index contributed by atoms with van der Waals surface area (Å²) in [6.07, 6.45) is 3.78. The number of ether oxygens (including phenoxy) is 1. The lowest BCUT2D eigenvalue weighted by atomic mass is 10.0. The highest BCUT2D eigenvalue weighted by atomic mass is 16.6. The number of rotatable bonds is 2. The van der Waals surface area contributed by atoms with Crippen molar-refractivity contribution in [2.24, 2.45) is 0 Å². The average Bonchev–Trinajstić information content (AvgIpc) is 3.10. The number of likely N-dealkylation sites (tertiary alicyclic amines) is 1. The third kappa shape index (κ3) is 4.38. The maximum Gasteiger partial charge on any atom is 0.410 e. The first-order valence-electron chi connectivity index (χ1n) is 10.8. The molecule has 0 bridgehead atoms. The lowest BCUT2D eigenvalue weighted by molar-refractivity contribution is -0.120. The van der Waals surface area contributed by atoms with Gasteiger partial charge in [0.15, 0.2) is 0 Å². The first kappa shape index (κ1) is 21.2. The van der Waals surface area contributed by atoms with Gasteiger partial charge in [-0.3, -0.25) is 15.0 Å². The van der Waals surface area contributed by atoms with E-state index in [9.17, 15) is 14.4 Å². The number of piperidine rings is 1. The number of nitrogens with zero attached hydrogens (tertiary/aromatic N) is 3. The topological polar surface area (TPSA) is 83.9 Å². The monoisotopic (exact) mass is 426 g/mol. The summed E-state index contributed by atoms with van der Waals surface area (Å²) < 4.78 is 7.76. The van der Waals surface area contributed by atoms with E-state index in [2.05, 4.69) is 22.1 Å². The van der Waals surface area contributed by atoms with Crippen molar-refractivity contribution in [3.05, 3.63) is 30.0 Å². The van der Waals surface area contributed by atoms with Gasteiger partial charge in [-0.15, -0.1) is 0 Å². The number of imide groups is 1. The highest BCUT2D eigenvalue weighted by molar-refractivity contribution is 6.09. The van der Waals surface area contributed by atoms with Crippen molar-refractivity contribution in [3.63, 3.8) is 0 Å². The summed E-state index contributed by atoms with van der Waals surface area (Å²) in [4.78, 5) is 39.7. The van der Waals surface area contributed by atoms with E-state index in [1.807, 2.05) is 39.8 Å². The van der Waals surface area contributed by atoms with E-state index in [4.69, 9.17) is 4.74 Å². The molecule has 0 unspecified atom stereocenters. The molecule has 1 N–H and O–H groups in total. The van der Waals surface area contributed by atoms with Crippen molar-refractivity contribution < 1.29 is 19.1 Å². The van der Waals surface area contributed by atoms with Crippen molar-refractivity contribution in [1.29, 1.82) is 0 Å². The number of hydrogen-bond acceptors (Lipinski definition) is 4. The molecule has 1 aromatic carbocycles. The molecular formula is C23H30N4O4. The number of aryl methyl sites for hydroxylation is 1. The summed E-state index contributed by atoms with van der Waals surface area (Å²) in [6, 6.07) is 6.05. The van der Waals surface area contributed by atoms with Crippen LogP contribution in [0.1, 0.15) is 51.6 Å². The van der Waals surface area contributed by atoms with Crippen LogP contribution >= 0.6 is 0 Å². The Morgan fingerprint density at radius 2 is 1.84 bits per heavy atom. The summed E-state index contributed by atoms with van der Waals surface area (Å²) in [6.45, 7) is 9.32. The van der Waals surface area contributed by atoms with Crippen LogP contribution in [-0.2, 0) is 9.53 Å². The zero-order chi connectivity index (χ0) is 22.3. The van der Waals surface area contributed by atoms with Crippen LogP contribution in [0.3, 0.4) is 0 Å². The number of amides is 4. The third-order valence-electron chi connectivity index (χ3n) is 5.82. The van der Waals surface area contributed by atoms with Gasteiger partial charge in [-0.05, 0) is 64.3 Å². The number of aromatic nitrogens is 1. The fourth-order valence-corrected chi connectivity index (χ4v) is 4.37. The van der Waals surface area contributed by atoms with Gasteiger partial charge < -0.3 is 14.2 Å². The number of anilines is 1. The molecule has 0 atom stereocenters. The van der Waals surface area contributed by atoms with E-state index in [0.717, 1.165) is 35.0 Å². The van der Waals surface area contributed by atoms with Gasteiger partial charge in [-0.1, -0.05) is 0 Å². The number of urea groups is 1. The second-order valence-electron chi connectivity index (χ2n) is 9.39. The van der Waals surface area contributed by atoms with Crippen LogP contribution in [0.5, 0.6) is 0 Å². The molecule has 2 fully saturated rings. The smallest absolute Gasteiger partial charge is 0.410 e. The molecule has 166 valence electrons. The average molecular weight is 427 g/mol. The Bertz CT molecular complexity index is 1030. The summed E-state index contributed by atoms with van der Waals surface area (Å²) in [5, 5.41) is 3.40. The van der Waals surface area contributed by atoms with Crippen LogP contribution in [0, 0.1) is 6.92 Å². The molecule has 2 aromatic rings. The van der Waals surface area contributed by atoms with Crippen LogP contribution in [0.25, 0.3) is 10.9 Å². The van der Waals surface area contributed by atoms with E-state index in [1.165, 1.54) is 0 Å². The van der Waals surface area contributed by atoms with E-state index in [1.54, 1.807) is 9.80 Å². The second-order valence-corrected chi connectivity index (χ2v) is 9.39. The first-order valence-corrected chi connectivity index (χ1v) is 10.8.